The van der Waals surface area contributed by atoms with E-state index < -0.39 is 37.0 Å². The third-order valence-corrected chi connectivity index (χ3v) is 6.82. The molecule has 45 heavy (non-hydrogen) atoms. The summed E-state index contributed by atoms with van der Waals surface area (Å²) in [5, 5.41) is 30.0. The van der Waals surface area contributed by atoms with Crippen molar-refractivity contribution in [2.75, 3.05) is 66.0 Å². The summed E-state index contributed by atoms with van der Waals surface area (Å²) in [5.74, 6) is -3.39. The first-order valence-electron chi connectivity index (χ1n) is 14.5. The number of likely N-dealkylation sites (N-methyl/N-ethyl adjacent to an activating group) is 1. The van der Waals surface area contributed by atoms with Gasteiger partial charge in [0.05, 0.1) is 32.2 Å². The fraction of sp³-hybridized carbons (Fsp3) is 0.452. The lowest BCUT2D eigenvalue weighted by molar-refractivity contribution is -0.142. The third kappa shape index (κ3) is 16.3. The van der Waals surface area contributed by atoms with Gasteiger partial charge in [-0.15, -0.1) is 0 Å². The minimum atomic E-state index is -1.17. The Hall–Kier alpha value is -4.37. The van der Waals surface area contributed by atoms with E-state index in [1.165, 1.54) is 4.90 Å². The van der Waals surface area contributed by atoms with Crippen LogP contribution >= 0.6 is 0 Å². The molecule has 0 radical (unpaired) electrons. The van der Waals surface area contributed by atoms with Gasteiger partial charge in [0.1, 0.15) is 12.4 Å². The Morgan fingerprint density at radius 2 is 1.33 bits per heavy atom. The highest BCUT2D eigenvalue weighted by Crippen LogP contribution is 2.13. The van der Waals surface area contributed by atoms with Crippen molar-refractivity contribution in [2.45, 2.75) is 25.4 Å². The molecule has 1 amide bonds. The summed E-state index contributed by atoms with van der Waals surface area (Å²) in [6, 6.07) is 16.0. The van der Waals surface area contributed by atoms with Gasteiger partial charge in [-0.25, -0.2) is 0 Å². The first-order valence-corrected chi connectivity index (χ1v) is 14.5. The summed E-state index contributed by atoms with van der Waals surface area (Å²) in [4.78, 5) is 62.9. The number of nitrogens with zero attached hydrogens (tertiary/aromatic N) is 3. The number of hydrogen-bond donors (Lipinski definition) is 5. The van der Waals surface area contributed by atoms with Crippen molar-refractivity contribution in [3.05, 3.63) is 65.7 Å². The Balaban J connectivity index is 1.84. The second kappa shape index (κ2) is 19.8. The molecule has 0 aromatic heterocycles. The molecule has 2 aromatic rings. The molecule has 0 heterocycles. The predicted octanol–water partition coefficient (Wildman–Crippen LogP) is 0.000400. The highest BCUT2D eigenvalue weighted by molar-refractivity contribution is 5.85. The van der Waals surface area contributed by atoms with Crippen LogP contribution in [0.2, 0.25) is 0 Å². The van der Waals surface area contributed by atoms with E-state index in [9.17, 15) is 24.0 Å². The summed E-state index contributed by atoms with van der Waals surface area (Å²) in [7, 11) is 1.62. The smallest absolute Gasteiger partial charge is 0.317 e. The van der Waals surface area contributed by atoms with Gasteiger partial charge in [0.25, 0.3) is 0 Å². The van der Waals surface area contributed by atoms with E-state index in [0.29, 0.717) is 31.7 Å². The molecule has 0 unspecified atom stereocenters. The first kappa shape index (κ1) is 36.8. The fourth-order valence-electron chi connectivity index (χ4n) is 4.32. The van der Waals surface area contributed by atoms with Crippen LogP contribution in [-0.4, -0.2) is 132 Å². The minimum absolute atomic E-state index is 0.0667. The lowest BCUT2D eigenvalue weighted by Crippen LogP contribution is -2.45. The van der Waals surface area contributed by atoms with Gasteiger partial charge in [0, 0.05) is 32.7 Å². The average molecular weight is 630 g/mol. The number of amides is 1. The van der Waals surface area contributed by atoms with Gasteiger partial charge in [-0.3, -0.25) is 38.7 Å². The van der Waals surface area contributed by atoms with Crippen LogP contribution in [0.1, 0.15) is 17.5 Å². The van der Waals surface area contributed by atoms with Crippen molar-refractivity contribution in [3.8, 4) is 5.75 Å². The molecule has 0 aliphatic heterocycles. The third-order valence-electron chi connectivity index (χ3n) is 6.82. The zero-order valence-corrected chi connectivity index (χ0v) is 25.5. The summed E-state index contributed by atoms with van der Waals surface area (Å²) in [6.45, 7) is -0.265. The lowest BCUT2D eigenvalue weighted by atomic mass is 10.0. The van der Waals surface area contributed by atoms with Crippen LogP contribution in [-0.2, 0) is 36.9 Å². The van der Waals surface area contributed by atoms with Crippen LogP contribution in [0.15, 0.2) is 54.6 Å². The standard InChI is InChI=1S/C31H43N5O9/c1-34(19-29(39)40)13-14-35(15-16-36(20-30(41)42)21-31(43)44)18-28(38)33-17-24-7-10-25(11-8-24)45-22-27(37)26(32)12-9-23-5-3-2-4-6-23/h2-8,10-11,26H,9,12-22,32H2,1H3,(H,33,38)(H,39,40)(H,41,42)(H,43,44)/t26-/m1/s1. The average Bonchev–Trinajstić information content (AvgIpc) is 2.98. The first-order chi connectivity index (χ1) is 21.4. The highest BCUT2D eigenvalue weighted by Gasteiger charge is 2.18. The van der Waals surface area contributed by atoms with Crippen molar-refractivity contribution in [1.29, 1.82) is 0 Å². The topological polar surface area (TPSA) is 203 Å². The predicted molar refractivity (Wildman–Crippen MR) is 165 cm³/mol. The molecular weight excluding hydrogens is 586 g/mol. The van der Waals surface area contributed by atoms with Gasteiger partial charge < -0.3 is 31.1 Å². The molecule has 246 valence electrons. The van der Waals surface area contributed by atoms with Gasteiger partial charge in [0.2, 0.25) is 5.91 Å². The number of benzene rings is 2. The number of aryl methyl sites for hydroxylation is 1. The molecule has 2 rings (SSSR count). The molecule has 14 nitrogen and oxygen atoms in total. The summed E-state index contributed by atoms with van der Waals surface area (Å²) >= 11 is 0. The second-order valence-corrected chi connectivity index (χ2v) is 10.7. The second-order valence-electron chi connectivity index (χ2n) is 10.7. The van der Waals surface area contributed by atoms with Crippen LogP contribution in [0.4, 0.5) is 0 Å². The number of ether oxygens (including phenoxy) is 1. The van der Waals surface area contributed by atoms with Gasteiger partial charge in [-0.2, -0.15) is 0 Å². The van der Waals surface area contributed by atoms with Crippen molar-refractivity contribution < 1.29 is 44.0 Å². The van der Waals surface area contributed by atoms with Gasteiger partial charge >= 0.3 is 17.9 Å². The maximum absolute atomic E-state index is 12.8. The summed E-state index contributed by atoms with van der Waals surface area (Å²) < 4.78 is 5.60. The fourth-order valence-corrected chi connectivity index (χ4v) is 4.32. The lowest BCUT2D eigenvalue weighted by Gasteiger charge is -2.27. The maximum atomic E-state index is 12.8. The number of carboxylic acids is 3. The number of ketones is 1. The van der Waals surface area contributed by atoms with E-state index in [-0.39, 0.29) is 51.0 Å². The number of carboxylic acid groups (broad SMARTS) is 3. The van der Waals surface area contributed by atoms with Crippen LogP contribution < -0.4 is 15.8 Å². The quantitative estimate of drug-likeness (QED) is 0.110. The number of aliphatic carboxylic acids is 3. The van der Waals surface area contributed by atoms with Crippen LogP contribution in [0.3, 0.4) is 0 Å². The van der Waals surface area contributed by atoms with Crippen molar-refractivity contribution in [2.24, 2.45) is 5.73 Å². The van der Waals surface area contributed by atoms with Crippen LogP contribution in [0.25, 0.3) is 0 Å². The Kier molecular flexibility index (Phi) is 16.2. The Morgan fingerprint density at radius 3 is 1.93 bits per heavy atom. The molecule has 6 N–H and O–H groups in total. The number of carbonyl (C=O) groups excluding carboxylic acids is 2. The Morgan fingerprint density at radius 1 is 0.756 bits per heavy atom. The molecule has 0 spiro atoms. The van der Waals surface area contributed by atoms with E-state index >= 15 is 0 Å². The Bertz CT molecular complexity index is 1230. The zero-order chi connectivity index (χ0) is 33.2. The summed E-state index contributed by atoms with van der Waals surface area (Å²) in [5.41, 5.74) is 7.92. The number of carbonyl (C=O) groups is 5. The van der Waals surface area contributed by atoms with Crippen molar-refractivity contribution in [1.82, 2.24) is 20.0 Å². The van der Waals surface area contributed by atoms with Crippen LogP contribution in [0, 0.1) is 0 Å². The van der Waals surface area contributed by atoms with Gasteiger partial charge in [-0.1, -0.05) is 42.5 Å². The number of hydrogen-bond acceptors (Lipinski definition) is 10. The molecule has 0 saturated carbocycles. The molecule has 0 aliphatic rings. The van der Waals surface area contributed by atoms with Crippen molar-refractivity contribution >= 4 is 29.6 Å². The molecule has 14 heteroatoms. The maximum Gasteiger partial charge on any atom is 0.317 e. The van der Waals surface area contributed by atoms with Gasteiger partial charge in [0.15, 0.2) is 5.78 Å². The molecule has 1 atom stereocenters. The number of Topliss-reactive ketones (excluding diaryl/α,β-unsaturated/α-hetero) is 1. The molecule has 0 aliphatic carbocycles. The van der Waals surface area contributed by atoms with E-state index in [1.54, 1.807) is 41.1 Å². The summed E-state index contributed by atoms with van der Waals surface area (Å²) in [6.07, 6.45) is 1.21. The van der Waals surface area contributed by atoms with E-state index in [1.807, 2.05) is 30.3 Å². The van der Waals surface area contributed by atoms with E-state index in [0.717, 1.165) is 11.1 Å². The molecule has 0 fully saturated rings. The van der Waals surface area contributed by atoms with Crippen molar-refractivity contribution in [3.63, 3.8) is 0 Å². The monoisotopic (exact) mass is 629 g/mol. The Labute approximate surface area is 262 Å². The molecular formula is C31H43N5O9. The zero-order valence-electron chi connectivity index (χ0n) is 25.5. The largest absolute Gasteiger partial charge is 0.486 e. The van der Waals surface area contributed by atoms with E-state index in [2.05, 4.69) is 5.32 Å². The van der Waals surface area contributed by atoms with Crippen LogP contribution in [0.5, 0.6) is 5.75 Å². The number of nitrogens with two attached hydrogens (primary N) is 1. The van der Waals surface area contributed by atoms with Gasteiger partial charge in [-0.05, 0) is 43.1 Å². The SMILES string of the molecule is CN(CCN(CCN(CC(=O)O)CC(=O)O)CC(=O)NCc1ccc(OCC(=O)[C@H](N)CCc2ccccc2)cc1)CC(=O)O. The molecule has 2 aromatic carbocycles. The normalized spacial score (nSPS) is 11.8. The molecule has 0 saturated heterocycles. The highest BCUT2D eigenvalue weighted by atomic mass is 16.5. The number of rotatable bonds is 23. The van der Waals surface area contributed by atoms with E-state index in [4.69, 9.17) is 25.8 Å². The number of nitrogens with one attached hydrogen (secondary N) is 1. The molecule has 0 bridgehead atoms. The minimum Gasteiger partial charge on any atom is -0.486 e.